The number of hydrogen-bond donors (Lipinski definition) is 3. The zero-order valence-corrected chi connectivity index (χ0v) is 12.2. The highest BCUT2D eigenvalue weighted by molar-refractivity contribution is 7.87. The van der Waals surface area contributed by atoms with Crippen molar-refractivity contribution >= 4 is 10.2 Å². The average Bonchev–Trinajstić information content (AvgIpc) is 2.34. The summed E-state index contributed by atoms with van der Waals surface area (Å²) in [6.07, 6.45) is 0.850. The summed E-state index contributed by atoms with van der Waals surface area (Å²) in [6, 6.07) is 0. The molecular weight excluding hydrogens is 252 g/mol. The van der Waals surface area contributed by atoms with Crippen molar-refractivity contribution in [1.82, 2.24) is 19.7 Å². The molecule has 0 atom stereocenters. The number of rotatable bonds is 8. The van der Waals surface area contributed by atoms with E-state index in [1.165, 1.54) is 0 Å². The van der Waals surface area contributed by atoms with Crippen LogP contribution < -0.4 is 14.8 Å². The van der Waals surface area contributed by atoms with Crippen molar-refractivity contribution in [2.24, 2.45) is 5.92 Å². The minimum atomic E-state index is -3.31. The lowest BCUT2D eigenvalue weighted by Crippen LogP contribution is -2.44. The maximum absolute atomic E-state index is 11.5. The molecule has 0 bridgehead atoms. The van der Waals surface area contributed by atoms with E-state index in [1.807, 2.05) is 13.8 Å². The number of hydrogen-bond acceptors (Lipinski definition) is 4. The quantitative estimate of drug-likeness (QED) is 0.517. The van der Waals surface area contributed by atoms with Crippen molar-refractivity contribution in [3.05, 3.63) is 0 Å². The van der Waals surface area contributed by atoms with Crippen LogP contribution in [0.4, 0.5) is 0 Å². The third-order valence-electron chi connectivity index (χ3n) is 2.83. The Morgan fingerprint density at radius 2 is 1.89 bits per heavy atom. The molecule has 3 N–H and O–H groups in total. The molecule has 0 aromatic carbocycles. The van der Waals surface area contributed by atoms with E-state index in [-0.39, 0.29) is 0 Å². The molecule has 0 saturated carbocycles. The summed E-state index contributed by atoms with van der Waals surface area (Å²) >= 11 is 0. The monoisotopic (exact) mass is 278 g/mol. The lowest BCUT2D eigenvalue weighted by Gasteiger charge is -2.27. The lowest BCUT2D eigenvalue weighted by atomic mass is 10.2. The molecule has 1 aliphatic rings. The molecule has 108 valence electrons. The third-order valence-corrected chi connectivity index (χ3v) is 3.97. The zero-order chi connectivity index (χ0) is 13.4. The Bertz CT molecular complexity index is 313. The molecule has 0 unspecified atom stereocenters. The smallest absolute Gasteiger partial charge is 0.276 e. The van der Waals surface area contributed by atoms with Gasteiger partial charge in [0.1, 0.15) is 0 Å². The molecule has 0 aliphatic carbocycles. The van der Waals surface area contributed by atoms with Gasteiger partial charge in [-0.15, -0.1) is 0 Å². The molecule has 1 fully saturated rings. The van der Waals surface area contributed by atoms with Crippen molar-refractivity contribution in [1.29, 1.82) is 0 Å². The molecule has 1 heterocycles. The van der Waals surface area contributed by atoms with E-state index in [4.69, 9.17) is 0 Å². The fourth-order valence-electron chi connectivity index (χ4n) is 1.77. The molecule has 18 heavy (non-hydrogen) atoms. The predicted molar refractivity (Wildman–Crippen MR) is 73.7 cm³/mol. The van der Waals surface area contributed by atoms with Gasteiger partial charge in [-0.3, -0.25) is 0 Å². The Morgan fingerprint density at radius 1 is 1.22 bits per heavy atom. The molecule has 1 rings (SSSR count). The van der Waals surface area contributed by atoms with Gasteiger partial charge in [0.05, 0.1) is 0 Å². The summed E-state index contributed by atoms with van der Waals surface area (Å²) in [6.45, 7) is 10.1. The summed E-state index contributed by atoms with van der Waals surface area (Å²) in [7, 11) is -3.31. The van der Waals surface area contributed by atoms with Crippen molar-refractivity contribution in [3.8, 4) is 0 Å². The van der Waals surface area contributed by atoms with Crippen LogP contribution in [0.15, 0.2) is 0 Å². The molecule has 0 amide bonds. The van der Waals surface area contributed by atoms with Crippen LogP contribution in [0, 0.1) is 5.92 Å². The van der Waals surface area contributed by atoms with Crippen LogP contribution in [0.1, 0.15) is 20.3 Å². The molecule has 0 aromatic heterocycles. The van der Waals surface area contributed by atoms with Gasteiger partial charge in [-0.25, -0.2) is 9.44 Å². The minimum absolute atomic E-state index is 0.322. The van der Waals surface area contributed by atoms with E-state index in [2.05, 4.69) is 19.7 Å². The molecule has 0 aromatic rings. The fourth-order valence-corrected chi connectivity index (χ4v) is 2.84. The van der Waals surface area contributed by atoms with Gasteiger partial charge in [-0.2, -0.15) is 8.42 Å². The first-order valence-electron chi connectivity index (χ1n) is 6.67. The number of nitrogens with one attached hydrogen (secondary N) is 3. The summed E-state index contributed by atoms with van der Waals surface area (Å²) < 4.78 is 28.2. The summed E-state index contributed by atoms with van der Waals surface area (Å²) in [5.41, 5.74) is 0. The third kappa shape index (κ3) is 7.27. The molecular formula is C11H26N4O2S. The Hall–Kier alpha value is -0.210. The minimum Gasteiger partial charge on any atom is -0.314 e. The van der Waals surface area contributed by atoms with Crippen LogP contribution in [0.25, 0.3) is 0 Å². The highest BCUT2D eigenvalue weighted by Gasteiger charge is 2.11. The topological polar surface area (TPSA) is 73.5 Å². The van der Waals surface area contributed by atoms with Crippen molar-refractivity contribution in [3.63, 3.8) is 0 Å². The van der Waals surface area contributed by atoms with Crippen LogP contribution in [0.3, 0.4) is 0 Å². The van der Waals surface area contributed by atoms with Gasteiger partial charge in [0.25, 0.3) is 10.2 Å². The Kier molecular flexibility index (Phi) is 7.10. The Balaban J connectivity index is 2.08. The van der Waals surface area contributed by atoms with Crippen LogP contribution in [-0.4, -0.2) is 59.1 Å². The largest absolute Gasteiger partial charge is 0.314 e. The van der Waals surface area contributed by atoms with Gasteiger partial charge >= 0.3 is 0 Å². The van der Waals surface area contributed by atoms with Crippen molar-refractivity contribution in [2.75, 3.05) is 45.8 Å². The van der Waals surface area contributed by atoms with E-state index in [1.54, 1.807) is 0 Å². The van der Waals surface area contributed by atoms with Gasteiger partial charge in [0.2, 0.25) is 0 Å². The van der Waals surface area contributed by atoms with Gasteiger partial charge in [-0.1, -0.05) is 13.8 Å². The van der Waals surface area contributed by atoms with Crippen molar-refractivity contribution in [2.45, 2.75) is 20.3 Å². The number of nitrogens with zero attached hydrogens (tertiary/aromatic N) is 1. The highest BCUT2D eigenvalue weighted by atomic mass is 32.2. The predicted octanol–water partition coefficient (Wildman–Crippen LogP) is -0.638. The summed E-state index contributed by atoms with van der Waals surface area (Å²) in [5.74, 6) is 0.322. The fraction of sp³-hybridized carbons (Fsp3) is 1.00. The normalized spacial score (nSPS) is 18.4. The maximum Gasteiger partial charge on any atom is 0.276 e. The Labute approximate surface area is 111 Å². The van der Waals surface area contributed by atoms with E-state index in [0.717, 1.165) is 39.1 Å². The highest BCUT2D eigenvalue weighted by Crippen LogP contribution is 1.94. The Morgan fingerprint density at radius 3 is 2.50 bits per heavy atom. The van der Waals surface area contributed by atoms with Gasteiger partial charge in [0.15, 0.2) is 0 Å². The molecule has 1 saturated heterocycles. The standard InChI is InChI=1S/C11H26N4O2S/c1-11(2)10-14-18(16,17)13-4-3-7-15-8-5-12-6-9-15/h11-14H,3-10H2,1-2H3. The van der Waals surface area contributed by atoms with Crippen LogP contribution in [0.5, 0.6) is 0 Å². The second kappa shape index (κ2) is 8.06. The van der Waals surface area contributed by atoms with Gasteiger partial charge in [0, 0.05) is 39.3 Å². The molecule has 6 nitrogen and oxygen atoms in total. The first-order valence-corrected chi connectivity index (χ1v) is 8.15. The van der Waals surface area contributed by atoms with E-state index in [0.29, 0.717) is 19.0 Å². The lowest BCUT2D eigenvalue weighted by molar-refractivity contribution is 0.239. The van der Waals surface area contributed by atoms with E-state index < -0.39 is 10.2 Å². The zero-order valence-electron chi connectivity index (χ0n) is 11.4. The van der Waals surface area contributed by atoms with Crippen LogP contribution in [0.2, 0.25) is 0 Å². The SMILES string of the molecule is CC(C)CNS(=O)(=O)NCCCN1CCNCC1. The van der Waals surface area contributed by atoms with Gasteiger partial charge in [-0.05, 0) is 18.9 Å². The molecule has 0 radical (unpaired) electrons. The summed E-state index contributed by atoms with van der Waals surface area (Å²) in [4.78, 5) is 2.35. The molecule has 0 spiro atoms. The van der Waals surface area contributed by atoms with E-state index in [9.17, 15) is 8.42 Å². The number of piperazine rings is 1. The second-order valence-electron chi connectivity index (χ2n) is 5.09. The van der Waals surface area contributed by atoms with Gasteiger partial charge < -0.3 is 10.2 Å². The molecule has 7 heteroatoms. The van der Waals surface area contributed by atoms with Crippen LogP contribution in [-0.2, 0) is 10.2 Å². The van der Waals surface area contributed by atoms with E-state index >= 15 is 0 Å². The van der Waals surface area contributed by atoms with Crippen molar-refractivity contribution < 1.29 is 8.42 Å². The molecule has 1 aliphatic heterocycles. The van der Waals surface area contributed by atoms with Crippen LogP contribution >= 0.6 is 0 Å². The average molecular weight is 278 g/mol. The maximum atomic E-state index is 11.5. The first kappa shape index (κ1) is 15.8. The second-order valence-corrected chi connectivity index (χ2v) is 6.67. The summed E-state index contributed by atoms with van der Waals surface area (Å²) in [5, 5.41) is 3.29. The first-order chi connectivity index (χ1) is 8.49.